The molecule has 0 bridgehead atoms. The molecular weight excluding hydrogens is 288 g/mol. The van der Waals surface area contributed by atoms with Gasteiger partial charge in [0, 0.05) is 18.8 Å². The van der Waals surface area contributed by atoms with E-state index in [2.05, 4.69) is 10.4 Å². The summed E-state index contributed by atoms with van der Waals surface area (Å²) in [5.41, 5.74) is 7.44. The molecular formula is C15H21ClN4O. The summed E-state index contributed by atoms with van der Waals surface area (Å²) in [5.74, 6) is 0.454. The number of halogens is 1. The molecule has 3 N–H and O–H groups in total. The van der Waals surface area contributed by atoms with Crippen LogP contribution in [0.1, 0.15) is 36.0 Å². The van der Waals surface area contributed by atoms with Crippen molar-refractivity contribution in [2.45, 2.75) is 31.7 Å². The number of aromatic nitrogens is 2. The lowest BCUT2D eigenvalue weighted by Crippen LogP contribution is -2.35. The molecule has 0 aromatic carbocycles. The van der Waals surface area contributed by atoms with Gasteiger partial charge in [0.15, 0.2) is 0 Å². The molecule has 2 aromatic rings. The zero-order valence-corrected chi connectivity index (χ0v) is 12.7. The normalized spacial score (nSPS) is 21.8. The van der Waals surface area contributed by atoms with Gasteiger partial charge in [-0.2, -0.15) is 5.10 Å². The largest absolute Gasteiger partial charge is 0.352 e. The molecule has 1 amide bonds. The van der Waals surface area contributed by atoms with Crippen LogP contribution in [0.4, 0.5) is 0 Å². The van der Waals surface area contributed by atoms with Crippen LogP contribution >= 0.6 is 12.4 Å². The molecule has 0 radical (unpaired) electrons. The molecule has 3 rings (SSSR count). The lowest BCUT2D eigenvalue weighted by molar-refractivity contribution is 0.0944. The quantitative estimate of drug-likeness (QED) is 0.911. The minimum atomic E-state index is -0.0506. The number of nitrogens with two attached hydrogens (primary N) is 1. The number of carbonyl (C=O) groups excluding carboxylic acids is 1. The highest BCUT2D eigenvalue weighted by molar-refractivity contribution is 6.00. The van der Waals surface area contributed by atoms with Crippen molar-refractivity contribution in [3.63, 3.8) is 0 Å². The lowest BCUT2D eigenvalue weighted by atomic mass is 9.86. The molecule has 1 aliphatic carbocycles. The summed E-state index contributed by atoms with van der Waals surface area (Å²) in [7, 11) is 0. The van der Waals surface area contributed by atoms with Gasteiger partial charge in [-0.15, -0.1) is 12.4 Å². The monoisotopic (exact) mass is 308 g/mol. The molecule has 0 aliphatic heterocycles. The Bertz CT molecular complexity index is 612. The minimum Gasteiger partial charge on any atom is -0.352 e. The van der Waals surface area contributed by atoms with Crippen molar-refractivity contribution in [3.05, 3.63) is 36.2 Å². The second-order valence-electron chi connectivity index (χ2n) is 5.59. The first-order chi connectivity index (χ1) is 9.74. The SMILES string of the molecule is Cl.NC1CCCC(CNC(=O)c2cnn3ccccc23)C1. The molecule has 2 heterocycles. The summed E-state index contributed by atoms with van der Waals surface area (Å²) < 4.78 is 1.71. The van der Waals surface area contributed by atoms with Crippen molar-refractivity contribution in [1.82, 2.24) is 14.9 Å². The smallest absolute Gasteiger partial charge is 0.255 e. The predicted octanol–water partition coefficient (Wildman–Crippen LogP) is 2.00. The summed E-state index contributed by atoms with van der Waals surface area (Å²) in [6, 6.07) is 6.00. The zero-order valence-electron chi connectivity index (χ0n) is 11.9. The summed E-state index contributed by atoms with van der Waals surface area (Å²) in [5, 5.41) is 7.20. The summed E-state index contributed by atoms with van der Waals surface area (Å²) in [6.45, 7) is 0.705. The third-order valence-electron chi connectivity index (χ3n) is 4.05. The molecule has 5 nitrogen and oxygen atoms in total. The van der Waals surface area contributed by atoms with E-state index in [9.17, 15) is 4.79 Å². The Labute approximate surface area is 130 Å². The minimum absolute atomic E-state index is 0. The van der Waals surface area contributed by atoms with Crippen LogP contribution in [0.3, 0.4) is 0 Å². The Morgan fingerprint density at radius 3 is 3.10 bits per heavy atom. The highest BCUT2D eigenvalue weighted by Gasteiger charge is 2.20. The van der Waals surface area contributed by atoms with E-state index >= 15 is 0 Å². The van der Waals surface area contributed by atoms with Gasteiger partial charge in [0.1, 0.15) is 0 Å². The summed E-state index contributed by atoms with van der Waals surface area (Å²) in [4.78, 5) is 12.2. The fraction of sp³-hybridized carbons (Fsp3) is 0.467. The maximum Gasteiger partial charge on any atom is 0.255 e. The Kier molecular flexibility index (Phi) is 5.20. The standard InChI is InChI=1S/C15H20N4O.ClH/c16-12-5-3-4-11(8-12)9-17-15(20)13-10-18-19-7-2-1-6-14(13)19;/h1-2,6-7,10-12H,3-5,8-9,16H2,(H,17,20);1H. The molecule has 2 atom stereocenters. The molecule has 1 fully saturated rings. The van der Waals surface area contributed by atoms with E-state index in [0.717, 1.165) is 24.8 Å². The van der Waals surface area contributed by atoms with Crippen LogP contribution in [0, 0.1) is 5.92 Å². The lowest BCUT2D eigenvalue weighted by Gasteiger charge is -2.26. The van der Waals surface area contributed by atoms with E-state index in [4.69, 9.17) is 5.73 Å². The Hall–Kier alpha value is -1.59. The molecule has 0 spiro atoms. The van der Waals surface area contributed by atoms with Crippen molar-refractivity contribution in [2.75, 3.05) is 6.54 Å². The first kappa shape index (κ1) is 15.8. The highest BCUT2D eigenvalue weighted by atomic mass is 35.5. The van der Waals surface area contributed by atoms with Gasteiger partial charge in [0.05, 0.1) is 17.3 Å². The summed E-state index contributed by atoms with van der Waals surface area (Å²) in [6.07, 6.45) is 7.90. The number of hydrogen-bond donors (Lipinski definition) is 2. The molecule has 1 aliphatic rings. The molecule has 6 heteroatoms. The number of pyridine rings is 1. The molecule has 1 saturated carbocycles. The van der Waals surface area contributed by atoms with Crippen molar-refractivity contribution < 1.29 is 4.79 Å². The maximum atomic E-state index is 12.2. The fourth-order valence-corrected chi connectivity index (χ4v) is 2.96. The average molecular weight is 309 g/mol. The van der Waals surface area contributed by atoms with Crippen LogP contribution in [0.2, 0.25) is 0 Å². The van der Waals surface area contributed by atoms with Gasteiger partial charge >= 0.3 is 0 Å². The number of carbonyl (C=O) groups is 1. The van der Waals surface area contributed by atoms with Crippen LogP contribution in [-0.4, -0.2) is 28.1 Å². The van der Waals surface area contributed by atoms with Gasteiger partial charge < -0.3 is 11.1 Å². The van der Waals surface area contributed by atoms with Gasteiger partial charge in [0.25, 0.3) is 5.91 Å². The first-order valence-electron chi connectivity index (χ1n) is 7.20. The molecule has 114 valence electrons. The van der Waals surface area contributed by atoms with E-state index in [1.807, 2.05) is 24.4 Å². The number of nitrogens with zero attached hydrogens (tertiary/aromatic N) is 2. The zero-order chi connectivity index (χ0) is 13.9. The maximum absolute atomic E-state index is 12.2. The Balaban J connectivity index is 0.00000161. The molecule has 21 heavy (non-hydrogen) atoms. The Morgan fingerprint density at radius 1 is 1.43 bits per heavy atom. The Morgan fingerprint density at radius 2 is 2.29 bits per heavy atom. The number of rotatable bonds is 3. The van der Waals surface area contributed by atoms with E-state index in [1.54, 1.807) is 10.7 Å². The van der Waals surface area contributed by atoms with Crippen LogP contribution in [0.5, 0.6) is 0 Å². The number of fused-ring (bicyclic) bond motifs is 1. The predicted molar refractivity (Wildman–Crippen MR) is 84.7 cm³/mol. The first-order valence-corrected chi connectivity index (χ1v) is 7.20. The third-order valence-corrected chi connectivity index (χ3v) is 4.05. The van der Waals surface area contributed by atoms with Crippen LogP contribution in [-0.2, 0) is 0 Å². The summed E-state index contributed by atoms with van der Waals surface area (Å²) >= 11 is 0. The van der Waals surface area contributed by atoms with E-state index in [0.29, 0.717) is 24.1 Å². The van der Waals surface area contributed by atoms with E-state index < -0.39 is 0 Å². The van der Waals surface area contributed by atoms with Crippen molar-refractivity contribution in [2.24, 2.45) is 11.7 Å². The fourth-order valence-electron chi connectivity index (χ4n) is 2.96. The van der Waals surface area contributed by atoms with E-state index in [-0.39, 0.29) is 18.3 Å². The van der Waals surface area contributed by atoms with Crippen molar-refractivity contribution >= 4 is 23.8 Å². The topological polar surface area (TPSA) is 72.4 Å². The number of amides is 1. The number of nitrogens with one attached hydrogen (secondary N) is 1. The van der Waals surface area contributed by atoms with Crippen molar-refractivity contribution in [1.29, 1.82) is 0 Å². The van der Waals surface area contributed by atoms with Crippen LogP contribution < -0.4 is 11.1 Å². The number of hydrogen-bond acceptors (Lipinski definition) is 3. The molecule has 2 unspecified atom stereocenters. The van der Waals surface area contributed by atoms with Crippen molar-refractivity contribution in [3.8, 4) is 0 Å². The van der Waals surface area contributed by atoms with Gasteiger partial charge in [-0.25, -0.2) is 4.52 Å². The van der Waals surface area contributed by atoms with Crippen LogP contribution in [0.25, 0.3) is 5.52 Å². The highest BCUT2D eigenvalue weighted by Crippen LogP contribution is 2.22. The van der Waals surface area contributed by atoms with Gasteiger partial charge in [-0.3, -0.25) is 4.79 Å². The average Bonchev–Trinajstić information content (AvgIpc) is 2.89. The van der Waals surface area contributed by atoms with Gasteiger partial charge in [-0.1, -0.05) is 12.5 Å². The second kappa shape index (κ2) is 6.91. The second-order valence-corrected chi connectivity index (χ2v) is 5.59. The van der Waals surface area contributed by atoms with Gasteiger partial charge in [0.2, 0.25) is 0 Å². The van der Waals surface area contributed by atoms with Crippen LogP contribution in [0.15, 0.2) is 30.6 Å². The van der Waals surface area contributed by atoms with Gasteiger partial charge in [-0.05, 0) is 37.3 Å². The molecule has 0 saturated heterocycles. The van der Waals surface area contributed by atoms with E-state index in [1.165, 1.54) is 6.42 Å². The molecule has 2 aromatic heterocycles. The third kappa shape index (κ3) is 3.54.